The van der Waals surface area contributed by atoms with E-state index in [1.54, 1.807) is 36.4 Å². The van der Waals surface area contributed by atoms with Crippen LogP contribution >= 0.6 is 51.3 Å². The van der Waals surface area contributed by atoms with Crippen molar-refractivity contribution in [1.82, 2.24) is 5.32 Å². The van der Waals surface area contributed by atoms with Crippen molar-refractivity contribution in [1.29, 1.82) is 0 Å². The van der Waals surface area contributed by atoms with Gasteiger partial charge in [0.2, 0.25) is 0 Å². The molecule has 1 heterocycles. The zero-order chi connectivity index (χ0) is 25.1. The summed E-state index contributed by atoms with van der Waals surface area (Å²) in [7, 11) is 0. The highest BCUT2D eigenvalue weighted by Crippen LogP contribution is 2.30. The Morgan fingerprint density at radius 3 is 2.49 bits per heavy atom. The lowest BCUT2D eigenvalue weighted by Gasteiger charge is -2.29. The highest BCUT2D eigenvalue weighted by atomic mass is 79.9. The maximum absolute atomic E-state index is 13.4. The van der Waals surface area contributed by atoms with E-state index in [-0.39, 0.29) is 17.3 Å². The second kappa shape index (κ2) is 10.9. The van der Waals surface area contributed by atoms with Gasteiger partial charge >= 0.3 is 0 Å². The van der Waals surface area contributed by atoms with Crippen molar-refractivity contribution in [3.8, 4) is 5.75 Å². The van der Waals surface area contributed by atoms with Gasteiger partial charge in [0.25, 0.3) is 11.8 Å². The third-order valence-corrected chi connectivity index (χ3v) is 6.74. The summed E-state index contributed by atoms with van der Waals surface area (Å²) in [5, 5.41) is 3.65. The Kier molecular flexibility index (Phi) is 7.91. The summed E-state index contributed by atoms with van der Waals surface area (Å²) < 4.78 is 6.75. The number of nitrogens with one attached hydrogen (secondary N) is 1. The van der Waals surface area contributed by atoms with Crippen molar-refractivity contribution in [2.24, 2.45) is 0 Å². The molecule has 0 saturated carbocycles. The molecule has 3 aromatic carbocycles. The number of hydrogen-bond donors (Lipinski definition) is 1. The molecule has 0 aromatic heterocycles. The summed E-state index contributed by atoms with van der Waals surface area (Å²) in [4.78, 5) is 27.5. The van der Waals surface area contributed by atoms with Crippen LogP contribution in [0.5, 0.6) is 5.75 Å². The van der Waals surface area contributed by atoms with Gasteiger partial charge in [0.1, 0.15) is 17.9 Å². The first-order chi connectivity index (χ1) is 16.8. The van der Waals surface area contributed by atoms with Crippen molar-refractivity contribution in [3.63, 3.8) is 0 Å². The Hall–Kier alpha value is -2.71. The summed E-state index contributed by atoms with van der Waals surface area (Å²) in [5.41, 5.74) is 2.92. The number of carbonyl (C=O) groups is 2. The molecule has 5 nitrogen and oxygen atoms in total. The number of thiocarbonyl (C=S) groups is 1. The molecular weight excluding hydrogens is 571 g/mol. The van der Waals surface area contributed by atoms with Crippen LogP contribution in [0.25, 0.3) is 6.08 Å². The summed E-state index contributed by atoms with van der Waals surface area (Å²) in [6, 6.07) is 17.9. The Balaban J connectivity index is 1.66. The van der Waals surface area contributed by atoms with E-state index in [0.29, 0.717) is 27.0 Å². The molecule has 0 unspecified atom stereocenters. The molecule has 1 saturated heterocycles. The number of nitrogens with zero attached hydrogens (tertiary/aromatic N) is 1. The summed E-state index contributed by atoms with van der Waals surface area (Å²) in [6.45, 7) is 2.22. The van der Waals surface area contributed by atoms with Crippen molar-refractivity contribution in [3.05, 3.63) is 97.4 Å². The third-order valence-electron chi connectivity index (χ3n) is 5.37. The Morgan fingerprint density at radius 2 is 1.80 bits per heavy atom. The standard InChI is InChI=1S/C26H19BrCl2N2O3S/c1-2-15-3-8-20(9-4-15)31-25(33)21(24(32)30-26(31)35)12-17-11-18(27)6-10-23(17)34-14-16-5-7-19(28)13-22(16)29/h3-13H,2,14H2,1H3,(H,30,32,35)/b21-12+. The Bertz CT molecular complexity index is 1360. The lowest BCUT2D eigenvalue weighted by Crippen LogP contribution is -2.54. The zero-order valence-corrected chi connectivity index (χ0v) is 22.4. The number of aryl methyl sites for hydroxylation is 1. The first kappa shape index (κ1) is 25.4. The highest BCUT2D eigenvalue weighted by Gasteiger charge is 2.34. The fourth-order valence-corrected chi connectivity index (χ4v) is 4.61. The number of rotatable bonds is 6. The van der Waals surface area contributed by atoms with Crippen LogP contribution in [0.1, 0.15) is 23.6 Å². The number of amides is 2. The minimum Gasteiger partial charge on any atom is -0.488 e. The second-order valence-electron chi connectivity index (χ2n) is 7.68. The van der Waals surface area contributed by atoms with Crippen LogP contribution < -0.4 is 15.0 Å². The van der Waals surface area contributed by atoms with Crippen molar-refractivity contribution < 1.29 is 14.3 Å². The van der Waals surface area contributed by atoms with Gasteiger partial charge in [-0.2, -0.15) is 0 Å². The number of hydrogen-bond acceptors (Lipinski definition) is 4. The second-order valence-corrected chi connectivity index (χ2v) is 9.83. The summed E-state index contributed by atoms with van der Waals surface area (Å²) >= 11 is 21.0. The molecule has 0 bridgehead atoms. The molecule has 0 radical (unpaired) electrons. The van der Waals surface area contributed by atoms with E-state index in [2.05, 4.69) is 21.2 Å². The van der Waals surface area contributed by atoms with Gasteiger partial charge in [0, 0.05) is 25.6 Å². The number of anilines is 1. The lowest BCUT2D eigenvalue weighted by molar-refractivity contribution is -0.122. The average Bonchev–Trinajstić information content (AvgIpc) is 2.82. The van der Waals surface area contributed by atoms with Gasteiger partial charge in [0.05, 0.1) is 5.69 Å². The average molecular weight is 590 g/mol. The SMILES string of the molecule is CCc1ccc(N2C(=O)/C(=C/c3cc(Br)ccc3OCc3ccc(Cl)cc3Cl)C(=O)NC2=S)cc1. The summed E-state index contributed by atoms with van der Waals surface area (Å²) in [5.74, 6) is -0.623. The van der Waals surface area contributed by atoms with Crippen LogP contribution in [0.3, 0.4) is 0 Å². The first-order valence-electron chi connectivity index (χ1n) is 10.6. The van der Waals surface area contributed by atoms with E-state index in [9.17, 15) is 9.59 Å². The lowest BCUT2D eigenvalue weighted by atomic mass is 10.1. The molecule has 2 amide bonds. The predicted octanol–water partition coefficient (Wildman–Crippen LogP) is 6.73. The minimum absolute atomic E-state index is 0.0319. The van der Waals surface area contributed by atoms with Gasteiger partial charge in [-0.05, 0) is 72.7 Å². The molecule has 178 valence electrons. The van der Waals surface area contributed by atoms with Crippen molar-refractivity contribution in [2.75, 3.05) is 4.90 Å². The predicted molar refractivity (Wildman–Crippen MR) is 147 cm³/mol. The van der Waals surface area contributed by atoms with Crippen LogP contribution in [0.4, 0.5) is 5.69 Å². The molecule has 4 rings (SSSR count). The van der Waals surface area contributed by atoms with Crippen molar-refractivity contribution in [2.45, 2.75) is 20.0 Å². The van der Waals surface area contributed by atoms with Crippen LogP contribution in [0.2, 0.25) is 10.0 Å². The number of carbonyl (C=O) groups excluding carboxylic acids is 2. The number of halogens is 3. The molecule has 0 aliphatic carbocycles. The maximum Gasteiger partial charge on any atom is 0.270 e. The number of benzene rings is 3. The van der Waals surface area contributed by atoms with E-state index in [0.717, 1.165) is 22.0 Å². The van der Waals surface area contributed by atoms with Crippen LogP contribution in [-0.2, 0) is 22.6 Å². The van der Waals surface area contributed by atoms with E-state index in [4.69, 9.17) is 40.2 Å². The van der Waals surface area contributed by atoms with E-state index in [1.807, 2.05) is 31.2 Å². The van der Waals surface area contributed by atoms with E-state index >= 15 is 0 Å². The minimum atomic E-state index is -0.576. The molecule has 1 N–H and O–H groups in total. The van der Waals surface area contributed by atoms with Crippen LogP contribution in [0, 0.1) is 0 Å². The molecule has 0 atom stereocenters. The highest BCUT2D eigenvalue weighted by molar-refractivity contribution is 9.10. The molecule has 1 aliphatic rings. The van der Waals surface area contributed by atoms with Gasteiger partial charge in [-0.25, -0.2) is 0 Å². The number of ether oxygens (including phenoxy) is 1. The molecule has 1 fully saturated rings. The molecule has 35 heavy (non-hydrogen) atoms. The molecule has 3 aromatic rings. The fraction of sp³-hybridized carbons (Fsp3) is 0.115. The molecule has 0 spiro atoms. The largest absolute Gasteiger partial charge is 0.488 e. The Morgan fingerprint density at radius 1 is 1.06 bits per heavy atom. The van der Waals surface area contributed by atoms with Gasteiger partial charge in [0.15, 0.2) is 5.11 Å². The van der Waals surface area contributed by atoms with Gasteiger partial charge in [-0.3, -0.25) is 19.8 Å². The summed E-state index contributed by atoms with van der Waals surface area (Å²) in [6.07, 6.45) is 2.36. The van der Waals surface area contributed by atoms with Crippen molar-refractivity contribution >= 4 is 80.0 Å². The van der Waals surface area contributed by atoms with Crippen LogP contribution in [-0.4, -0.2) is 16.9 Å². The smallest absolute Gasteiger partial charge is 0.270 e. The molecule has 1 aliphatic heterocycles. The molecule has 9 heteroatoms. The van der Waals surface area contributed by atoms with Gasteiger partial charge < -0.3 is 4.74 Å². The zero-order valence-electron chi connectivity index (χ0n) is 18.5. The normalized spacial score (nSPS) is 14.9. The van der Waals surface area contributed by atoms with E-state index < -0.39 is 11.8 Å². The van der Waals surface area contributed by atoms with E-state index in [1.165, 1.54) is 11.0 Å². The Labute approximate surface area is 226 Å². The van der Waals surface area contributed by atoms with Gasteiger partial charge in [-0.15, -0.1) is 0 Å². The third kappa shape index (κ3) is 5.76. The fourth-order valence-electron chi connectivity index (χ4n) is 3.49. The topological polar surface area (TPSA) is 58.6 Å². The van der Waals surface area contributed by atoms with Crippen LogP contribution in [0.15, 0.2) is 70.7 Å². The molecular formula is C26H19BrCl2N2O3S. The first-order valence-corrected chi connectivity index (χ1v) is 12.6. The maximum atomic E-state index is 13.4. The monoisotopic (exact) mass is 588 g/mol. The quantitative estimate of drug-likeness (QED) is 0.197. The van der Waals surface area contributed by atoms with Gasteiger partial charge in [-0.1, -0.05) is 64.3 Å².